The predicted octanol–water partition coefficient (Wildman–Crippen LogP) is 5.20. The summed E-state index contributed by atoms with van der Waals surface area (Å²) in [6.45, 7) is 1.43. The average Bonchev–Trinajstić information content (AvgIpc) is 2.89. The molecular formula is C30H28O6. The van der Waals surface area contributed by atoms with Crippen molar-refractivity contribution >= 4 is 11.8 Å². The molecular weight excluding hydrogens is 456 g/mol. The minimum Gasteiger partial charge on any atom is -0.509 e. The van der Waals surface area contributed by atoms with Gasteiger partial charge in [-0.3, -0.25) is 4.79 Å². The molecule has 184 valence electrons. The Kier molecular flexibility index (Phi) is 7.78. The smallest absolute Gasteiger partial charge is 0.335 e. The van der Waals surface area contributed by atoms with E-state index in [1.807, 2.05) is 91.0 Å². The van der Waals surface area contributed by atoms with Crippen LogP contribution in [0, 0.1) is 0 Å². The highest BCUT2D eigenvalue weighted by Crippen LogP contribution is 2.40. The highest BCUT2D eigenvalue weighted by Gasteiger charge is 2.54. The lowest BCUT2D eigenvalue weighted by Gasteiger charge is -2.42. The predicted molar refractivity (Wildman–Crippen MR) is 135 cm³/mol. The van der Waals surface area contributed by atoms with Crippen LogP contribution in [0.25, 0.3) is 0 Å². The van der Waals surface area contributed by atoms with Crippen LogP contribution in [0.3, 0.4) is 0 Å². The molecule has 0 aromatic heterocycles. The second-order valence-electron chi connectivity index (χ2n) is 8.68. The number of carbonyl (C=O) groups is 2. The van der Waals surface area contributed by atoms with E-state index in [1.54, 1.807) is 0 Å². The number of ether oxygens (including phenoxy) is 2. The Bertz CT molecular complexity index is 1260. The van der Waals surface area contributed by atoms with Gasteiger partial charge in [0, 0.05) is 0 Å². The number of aliphatic carboxylic acids is 1. The second-order valence-corrected chi connectivity index (χ2v) is 8.68. The molecule has 0 saturated heterocycles. The Morgan fingerprint density at radius 3 is 1.81 bits per heavy atom. The molecule has 2 atom stereocenters. The van der Waals surface area contributed by atoms with Gasteiger partial charge in [-0.05, 0) is 41.7 Å². The van der Waals surface area contributed by atoms with E-state index in [1.165, 1.54) is 6.92 Å². The van der Waals surface area contributed by atoms with Crippen LogP contribution in [0.4, 0.5) is 0 Å². The summed E-state index contributed by atoms with van der Waals surface area (Å²) >= 11 is 0. The fraction of sp³-hybridized carbons (Fsp3) is 0.200. The molecule has 36 heavy (non-hydrogen) atoms. The summed E-state index contributed by atoms with van der Waals surface area (Å²) in [6.07, 6.45) is 0.153. The van der Waals surface area contributed by atoms with E-state index in [4.69, 9.17) is 9.47 Å². The molecule has 0 spiro atoms. The van der Waals surface area contributed by atoms with Crippen LogP contribution in [0.1, 0.15) is 23.6 Å². The zero-order valence-electron chi connectivity index (χ0n) is 20.0. The third kappa shape index (κ3) is 5.30. The van der Waals surface area contributed by atoms with Crippen molar-refractivity contribution in [1.82, 2.24) is 0 Å². The highest BCUT2D eigenvalue weighted by molar-refractivity contribution is 5.96. The van der Waals surface area contributed by atoms with E-state index in [0.29, 0.717) is 5.57 Å². The molecule has 0 bridgehead atoms. The molecule has 0 aliphatic heterocycles. The summed E-state index contributed by atoms with van der Waals surface area (Å²) in [5, 5.41) is 21.2. The Morgan fingerprint density at radius 1 is 0.806 bits per heavy atom. The molecule has 3 aromatic rings. The minimum atomic E-state index is -1.91. The van der Waals surface area contributed by atoms with E-state index in [2.05, 4.69) is 0 Å². The first kappa shape index (κ1) is 25.1. The van der Waals surface area contributed by atoms with Crippen molar-refractivity contribution in [2.75, 3.05) is 0 Å². The SMILES string of the molecule is CC(=O)C1(OCc2ccccc2)C(O)=CC(C(=O)O)=C(Cc2ccccc2)C1OCc1ccccc1. The van der Waals surface area contributed by atoms with Gasteiger partial charge in [0.2, 0.25) is 5.60 Å². The molecule has 0 heterocycles. The molecule has 0 fully saturated rings. The first-order chi connectivity index (χ1) is 17.4. The molecule has 0 amide bonds. The maximum absolute atomic E-state index is 13.3. The number of benzene rings is 3. The topological polar surface area (TPSA) is 93.1 Å². The zero-order valence-corrected chi connectivity index (χ0v) is 20.0. The van der Waals surface area contributed by atoms with Crippen molar-refractivity contribution in [2.45, 2.75) is 38.3 Å². The van der Waals surface area contributed by atoms with Crippen LogP contribution in [-0.4, -0.2) is 33.7 Å². The van der Waals surface area contributed by atoms with Gasteiger partial charge in [-0.2, -0.15) is 0 Å². The number of Topliss-reactive ketones (excluding diaryl/α,β-unsaturated/α-hetero) is 1. The van der Waals surface area contributed by atoms with Crippen LogP contribution < -0.4 is 0 Å². The lowest BCUT2D eigenvalue weighted by Crippen LogP contribution is -2.56. The van der Waals surface area contributed by atoms with Crippen molar-refractivity contribution < 1.29 is 29.3 Å². The highest BCUT2D eigenvalue weighted by atomic mass is 16.6. The van der Waals surface area contributed by atoms with E-state index in [9.17, 15) is 19.8 Å². The van der Waals surface area contributed by atoms with Crippen molar-refractivity contribution in [3.8, 4) is 0 Å². The lowest BCUT2D eigenvalue weighted by atomic mass is 9.76. The normalized spacial score (nSPS) is 19.6. The van der Waals surface area contributed by atoms with Gasteiger partial charge < -0.3 is 19.7 Å². The number of carboxylic acid groups (broad SMARTS) is 1. The number of aliphatic hydroxyl groups excluding tert-OH is 1. The van der Waals surface area contributed by atoms with Crippen molar-refractivity contribution in [1.29, 1.82) is 0 Å². The Balaban J connectivity index is 1.81. The summed E-state index contributed by atoms with van der Waals surface area (Å²) in [4.78, 5) is 25.6. The molecule has 1 aliphatic rings. The van der Waals surface area contributed by atoms with Gasteiger partial charge in [0.25, 0.3) is 0 Å². The summed E-state index contributed by atoms with van der Waals surface area (Å²) < 4.78 is 12.5. The summed E-state index contributed by atoms with van der Waals surface area (Å²) in [5.74, 6) is -2.19. The molecule has 0 radical (unpaired) electrons. The van der Waals surface area contributed by atoms with E-state index < -0.39 is 29.2 Å². The molecule has 0 saturated carbocycles. The van der Waals surface area contributed by atoms with Crippen molar-refractivity contribution in [3.63, 3.8) is 0 Å². The van der Waals surface area contributed by atoms with E-state index >= 15 is 0 Å². The third-order valence-corrected chi connectivity index (χ3v) is 6.25. The molecule has 6 heteroatoms. The van der Waals surface area contributed by atoms with Gasteiger partial charge in [-0.1, -0.05) is 91.0 Å². The number of carboxylic acids is 1. The summed E-state index contributed by atoms with van der Waals surface area (Å²) in [7, 11) is 0. The Morgan fingerprint density at radius 2 is 1.31 bits per heavy atom. The molecule has 2 unspecified atom stereocenters. The number of carbonyl (C=O) groups excluding carboxylic acids is 1. The fourth-order valence-electron chi connectivity index (χ4n) is 4.42. The first-order valence-electron chi connectivity index (χ1n) is 11.7. The van der Waals surface area contributed by atoms with E-state index in [0.717, 1.165) is 22.8 Å². The molecule has 6 nitrogen and oxygen atoms in total. The number of rotatable bonds is 10. The zero-order chi connectivity index (χ0) is 25.5. The quantitative estimate of drug-likeness (QED) is 0.411. The van der Waals surface area contributed by atoms with Gasteiger partial charge in [0.05, 0.1) is 18.8 Å². The van der Waals surface area contributed by atoms with Crippen LogP contribution in [-0.2, 0) is 38.7 Å². The van der Waals surface area contributed by atoms with Crippen LogP contribution in [0.5, 0.6) is 0 Å². The Hall–Kier alpha value is -4.00. The summed E-state index contributed by atoms with van der Waals surface area (Å²) in [6, 6.07) is 28.0. The largest absolute Gasteiger partial charge is 0.509 e. The third-order valence-electron chi connectivity index (χ3n) is 6.25. The van der Waals surface area contributed by atoms with Crippen molar-refractivity contribution in [3.05, 3.63) is 131 Å². The number of hydrogen-bond donors (Lipinski definition) is 2. The van der Waals surface area contributed by atoms with Crippen molar-refractivity contribution in [2.24, 2.45) is 0 Å². The first-order valence-corrected chi connectivity index (χ1v) is 11.7. The second kappa shape index (κ2) is 11.2. The minimum absolute atomic E-state index is 0.0184. The van der Waals surface area contributed by atoms with Crippen LogP contribution in [0.2, 0.25) is 0 Å². The van der Waals surface area contributed by atoms with Crippen LogP contribution >= 0.6 is 0 Å². The van der Waals surface area contributed by atoms with Gasteiger partial charge in [-0.25, -0.2) is 4.79 Å². The Labute approximate surface area is 210 Å². The van der Waals surface area contributed by atoms with Crippen LogP contribution in [0.15, 0.2) is 114 Å². The van der Waals surface area contributed by atoms with Gasteiger partial charge in [0.15, 0.2) is 5.78 Å². The maximum atomic E-state index is 13.3. The van der Waals surface area contributed by atoms with Gasteiger partial charge in [0.1, 0.15) is 11.9 Å². The van der Waals surface area contributed by atoms with E-state index in [-0.39, 0.29) is 25.2 Å². The number of hydrogen-bond acceptors (Lipinski definition) is 5. The molecule has 1 aliphatic carbocycles. The fourth-order valence-corrected chi connectivity index (χ4v) is 4.42. The lowest BCUT2D eigenvalue weighted by molar-refractivity contribution is -0.167. The number of ketones is 1. The monoisotopic (exact) mass is 484 g/mol. The standard InChI is InChI=1S/C30H28O6/c1-21(31)30(36-20-24-15-9-4-10-16-24)27(32)18-26(29(33)34)25(17-22-11-5-2-6-12-22)28(30)35-19-23-13-7-3-8-14-23/h2-16,18,28,32H,17,19-20H2,1H3,(H,33,34). The average molecular weight is 485 g/mol. The number of aliphatic hydroxyl groups is 1. The summed E-state index contributed by atoms with van der Waals surface area (Å²) in [5.41, 5.74) is 0.803. The molecule has 3 aromatic carbocycles. The molecule has 2 N–H and O–H groups in total. The molecule has 4 rings (SSSR count). The maximum Gasteiger partial charge on any atom is 0.335 e. The van der Waals surface area contributed by atoms with Gasteiger partial charge in [-0.15, -0.1) is 0 Å². The van der Waals surface area contributed by atoms with Gasteiger partial charge >= 0.3 is 5.97 Å².